The van der Waals surface area contributed by atoms with Gasteiger partial charge < -0.3 is 15.0 Å². The fraction of sp³-hybridized carbons (Fsp3) is 0.222. The molecule has 0 saturated heterocycles. The Morgan fingerprint density at radius 2 is 1.69 bits per heavy atom. The van der Waals surface area contributed by atoms with Crippen LogP contribution < -0.4 is 10.2 Å². The molecule has 2 aromatic rings. The minimum Gasteiger partial charge on any atom is -0.452 e. The van der Waals surface area contributed by atoms with Crippen molar-refractivity contribution < 1.29 is 19.2 Å². The molecule has 0 bridgehead atoms. The largest absolute Gasteiger partial charge is 0.452 e. The molecule has 8 heteroatoms. The van der Waals surface area contributed by atoms with E-state index in [0.717, 1.165) is 11.3 Å². The number of nitro groups is 1. The van der Waals surface area contributed by atoms with Crippen LogP contribution in [-0.2, 0) is 16.1 Å². The Morgan fingerprint density at radius 1 is 1.08 bits per heavy atom. The third-order valence-corrected chi connectivity index (χ3v) is 3.59. The number of nitro benzene ring substituents is 1. The molecule has 0 radical (unpaired) electrons. The first-order chi connectivity index (χ1) is 12.4. The number of non-ortho nitro benzene ring substituents is 1. The second kappa shape index (κ2) is 8.61. The van der Waals surface area contributed by atoms with Gasteiger partial charge in [-0.2, -0.15) is 0 Å². The van der Waals surface area contributed by atoms with Crippen LogP contribution in [0.1, 0.15) is 15.9 Å². The molecule has 0 unspecified atom stereocenters. The number of benzene rings is 2. The zero-order chi connectivity index (χ0) is 19.1. The van der Waals surface area contributed by atoms with Crippen LogP contribution in [0.4, 0.5) is 11.4 Å². The molecule has 0 aromatic heterocycles. The van der Waals surface area contributed by atoms with Crippen LogP contribution in [0, 0.1) is 10.1 Å². The van der Waals surface area contributed by atoms with Crippen molar-refractivity contribution in [2.45, 2.75) is 6.54 Å². The van der Waals surface area contributed by atoms with Crippen molar-refractivity contribution in [1.29, 1.82) is 0 Å². The molecule has 0 aliphatic heterocycles. The molecule has 0 fully saturated rings. The maximum atomic E-state index is 11.8. The molecule has 26 heavy (non-hydrogen) atoms. The summed E-state index contributed by atoms with van der Waals surface area (Å²) in [6, 6.07) is 12.7. The Balaban J connectivity index is 1.78. The van der Waals surface area contributed by atoms with Crippen LogP contribution in [0.5, 0.6) is 0 Å². The first-order valence-corrected chi connectivity index (χ1v) is 7.81. The SMILES string of the molecule is CN(C)c1ccc(CNC(=O)COC(=O)c2ccc([N+](=O)[O-])cc2)cc1. The van der Waals surface area contributed by atoms with Crippen molar-refractivity contribution in [1.82, 2.24) is 5.32 Å². The van der Waals surface area contributed by atoms with Crippen molar-refractivity contribution in [3.63, 3.8) is 0 Å². The molecule has 8 nitrogen and oxygen atoms in total. The monoisotopic (exact) mass is 357 g/mol. The highest BCUT2D eigenvalue weighted by molar-refractivity contribution is 5.91. The normalized spacial score (nSPS) is 10.1. The lowest BCUT2D eigenvalue weighted by molar-refractivity contribution is -0.384. The Morgan fingerprint density at radius 3 is 2.23 bits per heavy atom. The van der Waals surface area contributed by atoms with Crippen molar-refractivity contribution >= 4 is 23.3 Å². The summed E-state index contributed by atoms with van der Waals surface area (Å²) in [5.74, 6) is -1.15. The van der Waals surface area contributed by atoms with E-state index in [4.69, 9.17) is 4.74 Å². The molecular formula is C18H19N3O5. The number of nitrogens with zero attached hydrogens (tertiary/aromatic N) is 2. The molecule has 0 aliphatic rings. The molecular weight excluding hydrogens is 338 g/mol. The van der Waals surface area contributed by atoms with E-state index in [0.29, 0.717) is 6.54 Å². The number of rotatable bonds is 7. The Hall–Kier alpha value is -3.42. The zero-order valence-electron chi connectivity index (χ0n) is 14.5. The number of nitrogens with one attached hydrogen (secondary N) is 1. The van der Waals surface area contributed by atoms with Gasteiger partial charge in [-0.05, 0) is 29.8 Å². The van der Waals surface area contributed by atoms with Gasteiger partial charge >= 0.3 is 5.97 Å². The van der Waals surface area contributed by atoms with Crippen LogP contribution in [0.25, 0.3) is 0 Å². The first kappa shape index (κ1) is 18.9. The van der Waals surface area contributed by atoms with Gasteiger partial charge in [0.25, 0.3) is 11.6 Å². The van der Waals surface area contributed by atoms with Gasteiger partial charge in [-0.1, -0.05) is 12.1 Å². The van der Waals surface area contributed by atoms with Crippen LogP contribution in [0.2, 0.25) is 0 Å². The molecule has 0 atom stereocenters. The average molecular weight is 357 g/mol. The van der Waals surface area contributed by atoms with Crippen LogP contribution in [0.3, 0.4) is 0 Å². The average Bonchev–Trinajstić information content (AvgIpc) is 2.64. The minimum atomic E-state index is -0.717. The summed E-state index contributed by atoms with van der Waals surface area (Å²) in [4.78, 5) is 35.6. The highest BCUT2D eigenvalue weighted by Gasteiger charge is 2.12. The standard InChI is InChI=1S/C18H19N3O5/c1-20(2)15-7-3-13(4-8-15)11-19-17(22)12-26-18(23)14-5-9-16(10-6-14)21(24)25/h3-10H,11-12H2,1-2H3,(H,19,22). The number of esters is 1. The molecule has 1 N–H and O–H groups in total. The molecule has 0 spiro atoms. The van der Waals surface area contributed by atoms with Gasteiger partial charge in [0.1, 0.15) is 0 Å². The van der Waals surface area contributed by atoms with E-state index in [1.165, 1.54) is 24.3 Å². The lowest BCUT2D eigenvalue weighted by atomic mass is 10.2. The summed E-state index contributed by atoms with van der Waals surface area (Å²) in [6.45, 7) is -0.104. The van der Waals surface area contributed by atoms with E-state index in [1.54, 1.807) is 0 Å². The number of anilines is 1. The predicted molar refractivity (Wildman–Crippen MR) is 96.0 cm³/mol. The van der Waals surface area contributed by atoms with E-state index in [-0.39, 0.29) is 11.3 Å². The van der Waals surface area contributed by atoms with Gasteiger partial charge in [0.2, 0.25) is 0 Å². The number of carbonyl (C=O) groups excluding carboxylic acids is 2. The number of amides is 1. The second-order valence-electron chi connectivity index (χ2n) is 5.72. The van der Waals surface area contributed by atoms with E-state index in [1.807, 2.05) is 43.3 Å². The van der Waals surface area contributed by atoms with Crippen LogP contribution in [0.15, 0.2) is 48.5 Å². The summed E-state index contributed by atoms with van der Waals surface area (Å²) < 4.78 is 4.90. The summed E-state index contributed by atoms with van der Waals surface area (Å²) in [5.41, 5.74) is 1.99. The molecule has 0 heterocycles. The van der Waals surface area contributed by atoms with E-state index in [9.17, 15) is 19.7 Å². The Kier molecular flexibility index (Phi) is 6.26. The highest BCUT2D eigenvalue weighted by Crippen LogP contribution is 2.13. The molecule has 0 aliphatic carbocycles. The summed E-state index contributed by atoms with van der Waals surface area (Å²) in [5, 5.41) is 13.2. The minimum absolute atomic E-state index is 0.125. The first-order valence-electron chi connectivity index (χ1n) is 7.81. The number of carbonyl (C=O) groups is 2. The van der Waals surface area contributed by atoms with Gasteiger partial charge in [-0.15, -0.1) is 0 Å². The quantitative estimate of drug-likeness (QED) is 0.463. The third kappa shape index (κ3) is 5.30. The number of hydrogen-bond acceptors (Lipinski definition) is 6. The molecule has 2 aromatic carbocycles. The van der Waals surface area contributed by atoms with Crippen molar-refractivity contribution in [3.8, 4) is 0 Å². The van der Waals surface area contributed by atoms with Crippen LogP contribution >= 0.6 is 0 Å². The summed E-state index contributed by atoms with van der Waals surface area (Å²) in [6.07, 6.45) is 0. The fourth-order valence-corrected chi connectivity index (χ4v) is 2.10. The third-order valence-electron chi connectivity index (χ3n) is 3.59. The smallest absolute Gasteiger partial charge is 0.338 e. The molecule has 0 saturated carbocycles. The van der Waals surface area contributed by atoms with Crippen molar-refractivity contribution in [3.05, 3.63) is 69.8 Å². The fourth-order valence-electron chi connectivity index (χ4n) is 2.10. The van der Waals surface area contributed by atoms with E-state index in [2.05, 4.69) is 5.32 Å². The van der Waals surface area contributed by atoms with E-state index < -0.39 is 23.4 Å². The summed E-state index contributed by atoms with van der Waals surface area (Å²) >= 11 is 0. The maximum absolute atomic E-state index is 11.8. The van der Waals surface area contributed by atoms with E-state index >= 15 is 0 Å². The molecule has 2 rings (SSSR count). The van der Waals surface area contributed by atoms with Crippen LogP contribution in [-0.4, -0.2) is 37.5 Å². The summed E-state index contributed by atoms with van der Waals surface area (Å²) in [7, 11) is 3.88. The van der Waals surface area contributed by atoms with Gasteiger partial charge in [-0.25, -0.2) is 4.79 Å². The van der Waals surface area contributed by atoms with Gasteiger partial charge in [0.15, 0.2) is 6.61 Å². The Labute approximate surface area is 150 Å². The lowest BCUT2D eigenvalue weighted by Crippen LogP contribution is -2.28. The molecule has 1 amide bonds. The Bertz CT molecular complexity index is 785. The van der Waals surface area contributed by atoms with Gasteiger partial charge in [-0.3, -0.25) is 14.9 Å². The number of ether oxygens (including phenoxy) is 1. The highest BCUT2D eigenvalue weighted by atomic mass is 16.6. The van der Waals surface area contributed by atoms with Gasteiger partial charge in [0, 0.05) is 38.5 Å². The predicted octanol–water partition coefficient (Wildman–Crippen LogP) is 2.13. The maximum Gasteiger partial charge on any atom is 0.338 e. The zero-order valence-corrected chi connectivity index (χ0v) is 14.5. The number of hydrogen-bond donors (Lipinski definition) is 1. The molecule has 136 valence electrons. The van der Waals surface area contributed by atoms with Crippen molar-refractivity contribution in [2.24, 2.45) is 0 Å². The van der Waals surface area contributed by atoms with Crippen molar-refractivity contribution in [2.75, 3.05) is 25.6 Å². The van der Waals surface area contributed by atoms with Gasteiger partial charge in [0.05, 0.1) is 10.5 Å². The lowest BCUT2D eigenvalue weighted by Gasteiger charge is -2.13. The second-order valence-corrected chi connectivity index (χ2v) is 5.72. The topological polar surface area (TPSA) is 102 Å².